The monoisotopic (exact) mass is 291 g/mol. The lowest BCUT2D eigenvalue weighted by molar-refractivity contribution is 0.0237. The Morgan fingerprint density at radius 1 is 1.10 bits per heavy atom. The summed E-state index contributed by atoms with van der Waals surface area (Å²) < 4.78 is 1.55. The van der Waals surface area contributed by atoms with Gasteiger partial charge in [-0.2, -0.15) is 20.1 Å². The molecule has 0 radical (unpaired) electrons. The maximum absolute atomic E-state index is 10.2. The highest BCUT2D eigenvalue weighted by Crippen LogP contribution is 2.24. The van der Waals surface area contributed by atoms with E-state index in [0.717, 1.165) is 0 Å². The number of nitrogens with one attached hydrogen (secondary N) is 2. The van der Waals surface area contributed by atoms with E-state index in [0.29, 0.717) is 17.8 Å². The molecule has 0 atom stereocenters. The highest BCUT2D eigenvalue weighted by Gasteiger charge is 2.35. The van der Waals surface area contributed by atoms with Gasteiger partial charge in [0, 0.05) is 19.4 Å². The minimum atomic E-state index is -0.953. The second-order valence-electron chi connectivity index (χ2n) is 5.79. The second-order valence-corrected chi connectivity index (χ2v) is 5.79. The minimum absolute atomic E-state index is 0.368. The zero-order valence-corrected chi connectivity index (χ0v) is 12.9. The summed E-state index contributed by atoms with van der Waals surface area (Å²) in [5.41, 5.74) is -1.58. The molecule has 0 saturated heterocycles. The van der Waals surface area contributed by atoms with Crippen molar-refractivity contribution in [3.63, 3.8) is 0 Å². The molecule has 114 valence electrons. The van der Waals surface area contributed by atoms with Gasteiger partial charge in [0.05, 0.1) is 11.1 Å². The Hall–Kier alpha value is -2.22. The quantitative estimate of drug-likeness (QED) is 0.757. The van der Waals surface area contributed by atoms with E-state index in [9.17, 15) is 5.11 Å². The van der Waals surface area contributed by atoms with Crippen molar-refractivity contribution in [1.29, 1.82) is 0 Å². The molecule has 2 heterocycles. The molecule has 8 heteroatoms. The van der Waals surface area contributed by atoms with Gasteiger partial charge in [-0.05, 0) is 33.8 Å². The Kier molecular flexibility index (Phi) is 3.82. The molecule has 0 fully saturated rings. The molecule has 0 aliphatic rings. The Morgan fingerprint density at radius 2 is 1.76 bits per heavy atom. The standard InChI is InChI=1S/C13H21N7O/c1-12(2,13(3,4)21)19-10-16-9(14-5)17-11(18-10)20-8-6-7-15-20/h6-8,21H,1-5H3,(H2,14,16,17,18,19). The molecule has 2 aromatic heterocycles. The van der Waals surface area contributed by atoms with Crippen LogP contribution in [0.3, 0.4) is 0 Å². The maximum atomic E-state index is 10.2. The number of anilines is 2. The molecule has 0 aliphatic carbocycles. The molecule has 2 aromatic rings. The van der Waals surface area contributed by atoms with Gasteiger partial charge in [-0.1, -0.05) is 0 Å². The largest absolute Gasteiger partial charge is 0.388 e. The van der Waals surface area contributed by atoms with Crippen LogP contribution in [0.25, 0.3) is 5.95 Å². The lowest BCUT2D eigenvalue weighted by Crippen LogP contribution is -2.51. The van der Waals surface area contributed by atoms with E-state index in [1.807, 2.05) is 13.8 Å². The van der Waals surface area contributed by atoms with Crippen molar-refractivity contribution in [3.8, 4) is 5.95 Å². The zero-order chi connectivity index (χ0) is 15.7. The van der Waals surface area contributed by atoms with Crippen molar-refractivity contribution in [3.05, 3.63) is 18.5 Å². The molecule has 0 unspecified atom stereocenters. The summed E-state index contributed by atoms with van der Waals surface area (Å²) in [7, 11) is 1.73. The molecular formula is C13H21N7O. The summed E-state index contributed by atoms with van der Waals surface area (Å²) >= 11 is 0. The Labute approximate surface area is 123 Å². The van der Waals surface area contributed by atoms with Crippen LogP contribution in [0.2, 0.25) is 0 Å². The Balaban J connectivity index is 2.38. The number of aliphatic hydroxyl groups is 1. The first-order valence-electron chi connectivity index (χ1n) is 6.67. The molecule has 0 amide bonds. The molecular weight excluding hydrogens is 270 g/mol. The molecule has 3 N–H and O–H groups in total. The number of nitrogens with zero attached hydrogens (tertiary/aromatic N) is 5. The van der Waals surface area contributed by atoms with Crippen molar-refractivity contribution in [2.45, 2.75) is 38.8 Å². The Bertz CT molecular complexity index is 601. The molecule has 2 rings (SSSR count). The predicted molar refractivity (Wildman–Crippen MR) is 80.5 cm³/mol. The summed E-state index contributed by atoms with van der Waals surface area (Å²) in [5.74, 6) is 1.19. The minimum Gasteiger partial charge on any atom is -0.388 e. The second kappa shape index (κ2) is 5.28. The van der Waals surface area contributed by atoms with Crippen LogP contribution in [0.1, 0.15) is 27.7 Å². The van der Waals surface area contributed by atoms with E-state index in [2.05, 4.69) is 30.7 Å². The Morgan fingerprint density at radius 3 is 2.29 bits per heavy atom. The third kappa shape index (κ3) is 3.27. The van der Waals surface area contributed by atoms with Crippen molar-refractivity contribution < 1.29 is 5.11 Å². The number of hydrogen-bond acceptors (Lipinski definition) is 7. The molecule has 8 nitrogen and oxygen atoms in total. The fourth-order valence-electron chi connectivity index (χ4n) is 1.45. The zero-order valence-electron chi connectivity index (χ0n) is 12.9. The first kappa shape index (κ1) is 15.2. The van der Waals surface area contributed by atoms with Gasteiger partial charge >= 0.3 is 0 Å². The molecule has 0 spiro atoms. The van der Waals surface area contributed by atoms with E-state index in [-0.39, 0.29) is 0 Å². The smallest absolute Gasteiger partial charge is 0.257 e. The van der Waals surface area contributed by atoms with Gasteiger partial charge in [0.15, 0.2) is 0 Å². The third-order valence-corrected chi connectivity index (χ3v) is 3.51. The van der Waals surface area contributed by atoms with Crippen LogP contribution in [-0.2, 0) is 0 Å². The molecule has 0 saturated carbocycles. The van der Waals surface area contributed by atoms with Crippen molar-refractivity contribution in [1.82, 2.24) is 24.7 Å². The SMILES string of the molecule is CNc1nc(NC(C)(C)C(C)(C)O)nc(-n2cccn2)n1. The summed E-state index contributed by atoms with van der Waals surface area (Å²) in [6.45, 7) is 7.22. The van der Waals surface area contributed by atoms with Crippen LogP contribution >= 0.6 is 0 Å². The van der Waals surface area contributed by atoms with Crippen LogP contribution in [0.5, 0.6) is 0 Å². The van der Waals surface area contributed by atoms with Crippen molar-refractivity contribution >= 4 is 11.9 Å². The number of aromatic nitrogens is 5. The van der Waals surface area contributed by atoms with E-state index in [1.165, 1.54) is 0 Å². The van der Waals surface area contributed by atoms with E-state index in [4.69, 9.17) is 0 Å². The van der Waals surface area contributed by atoms with Crippen LogP contribution < -0.4 is 10.6 Å². The fourth-order valence-corrected chi connectivity index (χ4v) is 1.45. The molecule has 21 heavy (non-hydrogen) atoms. The normalized spacial score (nSPS) is 12.3. The van der Waals surface area contributed by atoms with Gasteiger partial charge in [-0.15, -0.1) is 0 Å². The van der Waals surface area contributed by atoms with Crippen LogP contribution in [0.15, 0.2) is 18.5 Å². The van der Waals surface area contributed by atoms with Gasteiger partial charge in [-0.3, -0.25) is 0 Å². The highest BCUT2D eigenvalue weighted by atomic mass is 16.3. The van der Waals surface area contributed by atoms with E-state index >= 15 is 0 Å². The topological polar surface area (TPSA) is 101 Å². The van der Waals surface area contributed by atoms with Crippen LogP contribution in [0, 0.1) is 0 Å². The van der Waals surface area contributed by atoms with Gasteiger partial charge in [0.25, 0.3) is 5.95 Å². The average Bonchev–Trinajstić information content (AvgIpc) is 2.90. The molecule has 0 bridgehead atoms. The average molecular weight is 291 g/mol. The molecule has 0 aromatic carbocycles. The fraction of sp³-hybridized carbons (Fsp3) is 0.538. The van der Waals surface area contributed by atoms with Gasteiger partial charge in [-0.25, -0.2) is 4.68 Å². The number of rotatable bonds is 5. The maximum Gasteiger partial charge on any atom is 0.257 e. The van der Waals surface area contributed by atoms with Crippen LogP contribution in [-0.4, -0.2) is 48.0 Å². The molecule has 0 aliphatic heterocycles. The predicted octanol–water partition coefficient (Wildman–Crippen LogP) is 1.06. The summed E-state index contributed by atoms with van der Waals surface area (Å²) in [5, 5.41) is 20.4. The van der Waals surface area contributed by atoms with Crippen LogP contribution in [0.4, 0.5) is 11.9 Å². The lowest BCUT2D eigenvalue weighted by Gasteiger charge is -2.37. The van der Waals surface area contributed by atoms with Crippen molar-refractivity contribution in [2.75, 3.05) is 17.7 Å². The summed E-state index contributed by atoms with van der Waals surface area (Å²) in [6.07, 6.45) is 3.40. The van der Waals surface area contributed by atoms with E-state index in [1.54, 1.807) is 44.0 Å². The van der Waals surface area contributed by atoms with Gasteiger partial charge < -0.3 is 15.7 Å². The summed E-state index contributed by atoms with van der Waals surface area (Å²) in [6, 6.07) is 1.79. The summed E-state index contributed by atoms with van der Waals surface area (Å²) in [4.78, 5) is 12.9. The van der Waals surface area contributed by atoms with Gasteiger partial charge in [0.1, 0.15) is 0 Å². The first-order chi connectivity index (χ1) is 9.73. The first-order valence-corrected chi connectivity index (χ1v) is 6.67. The number of hydrogen-bond donors (Lipinski definition) is 3. The highest BCUT2D eigenvalue weighted by molar-refractivity contribution is 5.39. The van der Waals surface area contributed by atoms with Gasteiger partial charge in [0.2, 0.25) is 11.9 Å². The third-order valence-electron chi connectivity index (χ3n) is 3.51. The van der Waals surface area contributed by atoms with Crippen molar-refractivity contribution in [2.24, 2.45) is 0 Å². The lowest BCUT2D eigenvalue weighted by atomic mass is 9.86. The van der Waals surface area contributed by atoms with E-state index < -0.39 is 11.1 Å².